The first kappa shape index (κ1) is 29.7. The van der Waals surface area contributed by atoms with E-state index in [9.17, 15) is 34.2 Å². The van der Waals surface area contributed by atoms with Gasteiger partial charge in [-0.2, -0.15) is 11.8 Å². The Kier molecular flexibility index (Phi) is 12.6. The van der Waals surface area contributed by atoms with E-state index in [4.69, 9.17) is 16.6 Å². The smallest absolute Gasteiger partial charge is 0.328 e. The number of primary amides is 1. The molecule has 1 aromatic rings. The van der Waals surface area contributed by atoms with Gasteiger partial charge in [0.2, 0.25) is 23.6 Å². The number of nitrogens with one attached hydrogen (secondary N) is 3. The van der Waals surface area contributed by atoms with Gasteiger partial charge in [0.25, 0.3) is 0 Å². The Bertz CT molecular complexity index is 898. The molecule has 0 aromatic heterocycles. The van der Waals surface area contributed by atoms with Crippen molar-refractivity contribution in [3.63, 3.8) is 0 Å². The molecule has 0 aliphatic carbocycles. The molecule has 0 bridgehead atoms. The number of amides is 4. The van der Waals surface area contributed by atoms with Crippen molar-refractivity contribution in [2.24, 2.45) is 11.5 Å². The highest BCUT2D eigenvalue weighted by Crippen LogP contribution is 2.12. The van der Waals surface area contributed by atoms with E-state index < -0.39 is 66.8 Å². The largest absolute Gasteiger partial charge is 0.508 e. The van der Waals surface area contributed by atoms with Crippen LogP contribution in [0, 0.1) is 0 Å². The molecular weight excluding hydrogens is 482 g/mol. The minimum Gasteiger partial charge on any atom is -0.508 e. The number of carboxylic acid groups (broad SMARTS) is 1. The molecule has 10 N–H and O–H groups in total. The second-order valence-electron chi connectivity index (χ2n) is 7.63. The van der Waals surface area contributed by atoms with E-state index in [1.165, 1.54) is 36.0 Å². The Morgan fingerprint density at radius 3 is 2.00 bits per heavy atom. The molecule has 35 heavy (non-hydrogen) atoms. The molecule has 0 radical (unpaired) electrons. The van der Waals surface area contributed by atoms with Crippen LogP contribution in [0.25, 0.3) is 0 Å². The zero-order valence-electron chi connectivity index (χ0n) is 19.1. The number of carbonyl (C=O) groups is 5. The summed E-state index contributed by atoms with van der Waals surface area (Å²) in [5, 5.41) is 34.9. The summed E-state index contributed by atoms with van der Waals surface area (Å²) in [5.41, 5.74) is 11.2. The lowest BCUT2D eigenvalue weighted by Crippen LogP contribution is -2.58. The summed E-state index contributed by atoms with van der Waals surface area (Å²) in [6.07, 6.45) is 1.45. The predicted octanol–water partition coefficient (Wildman–Crippen LogP) is -2.58. The number of nitrogens with two attached hydrogens (primary N) is 2. The van der Waals surface area contributed by atoms with Gasteiger partial charge < -0.3 is 42.7 Å². The van der Waals surface area contributed by atoms with Gasteiger partial charge in [-0.1, -0.05) is 12.1 Å². The van der Waals surface area contributed by atoms with Crippen molar-refractivity contribution in [1.29, 1.82) is 0 Å². The maximum atomic E-state index is 13.0. The number of hydrogen-bond donors (Lipinski definition) is 8. The van der Waals surface area contributed by atoms with Crippen LogP contribution in [0.2, 0.25) is 0 Å². The van der Waals surface area contributed by atoms with Gasteiger partial charge in [-0.15, -0.1) is 0 Å². The van der Waals surface area contributed by atoms with E-state index >= 15 is 0 Å². The van der Waals surface area contributed by atoms with Crippen LogP contribution < -0.4 is 27.4 Å². The number of aliphatic hydroxyl groups is 1. The van der Waals surface area contributed by atoms with Crippen molar-refractivity contribution in [3.05, 3.63) is 29.8 Å². The summed E-state index contributed by atoms with van der Waals surface area (Å²) in [6.45, 7) is -0.870. The number of phenols is 1. The number of carboxylic acids is 1. The van der Waals surface area contributed by atoms with Crippen LogP contribution in [0.1, 0.15) is 18.4 Å². The third-order valence-corrected chi connectivity index (χ3v) is 5.45. The lowest BCUT2D eigenvalue weighted by molar-refractivity contribution is -0.143. The van der Waals surface area contributed by atoms with Gasteiger partial charge in [0.05, 0.1) is 19.1 Å². The molecule has 4 amide bonds. The fourth-order valence-corrected chi connectivity index (χ4v) is 3.37. The van der Waals surface area contributed by atoms with E-state index in [1.54, 1.807) is 6.26 Å². The third kappa shape index (κ3) is 10.6. The van der Waals surface area contributed by atoms with Crippen molar-refractivity contribution < 1.29 is 39.3 Å². The van der Waals surface area contributed by atoms with Gasteiger partial charge >= 0.3 is 5.97 Å². The van der Waals surface area contributed by atoms with E-state index in [0.29, 0.717) is 11.3 Å². The van der Waals surface area contributed by atoms with Crippen LogP contribution >= 0.6 is 11.8 Å². The molecule has 14 heteroatoms. The molecule has 4 unspecified atom stereocenters. The van der Waals surface area contributed by atoms with E-state index in [0.717, 1.165) is 0 Å². The molecule has 0 aliphatic heterocycles. The first-order valence-corrected chi connectivity index (χ1v) is 11.9. The second-order valence-corrected chi connectivity index (χ2v) is 8.62. The highest BCUT2D eigenvalue weighted by Gasteiger charge is 2.30. The topological polar surface area (TPSA) is 234 Å². The van der Waals surface area contributed by atoms with Gasteiger partial charge in [-0.05, 0) is 36.1 Å². The molecule has 0 heterocycles. The fraction of sp³-hybridized carbons (Fsp3) is 0.476. The van der Waals surface area contributed by atoms with Gasteiger partial charge in [-0.25, -0.2) is 4.79 Å². The second kappa shape index (κ2) is 14.8. The summed E-state index contributed by atoms with van der Waals surface area (Å²) < 4.78 is 0. The Morgan fingerprint density at radius 1 is 0.943 bits per heavy atom. The molecule has 1 rings (SSSR count). The zero-order valence-corrected chi connectivity index (χ0v) is 19.9. The van der Waals surface area contributed by atoms with Gasteiger partial charge in [0.15, 0.2) is 0 Å². The Balaban J connectivity index is 3.09. The minimum absolute atomic E-state index is 0.0165. The minimum atomic E-state index is -1.60. The number of hydrogen-bond acceptors (Lipinski definition) is 9. The van der Waals surface area contributed by atoms with Gasteiger partial charge in [-0.3, -0.25) is 19.2 Å². The maximum absolute atomic E-state index is 13.0. The summed E-state index contributed by atoms with van der Waals surface area (Å²) in [7, 11) is 0. The predicted molar refractivity (Wildman–Crippen MR) is 127 cm³/mol. The van der Waals surface area contributed by atoms with E-state index in [2.05, 4.69) is 16.0 Å². The van der Waals surface area contributed by atoms with Gasteiger partial charge in [0, 0.05) is 6.42 Å². The molecule has 0 spiro atoms. The quantitative estimate of drug-likeness (QED) is 0.122. The molecule has 0 fully saturated rings. The monoisotopic (exact) mass is 513 g/mol. The average molecular weight is 514 g/mol. The Morgan fingerprint density at radius 2 is 1.49 bits per heavy atom. The zero-order chi connectivity index (χ0) is 26.5. The standard InChI is InChI=1S/C21H31N5O8S/c1-35-7-6-14(24-18(30)13(22)9-17(23)29)19(31)25-15(8-11-2-4-12(28)5-3-11)20(32)26-16(10-27)21(33)34/h2-5,13-16,27-28H,6-10,22H2,1H3,(H2,23,29)(H,24,30)(H,25,31)(H,26,32)(H,33,34). The maximum Gasteiger partial charge on any atom is 0.328 e. The van der Waals surface area contributed by atoms with Crippen molar-refractivity contribution in [3.8, 4) is 5.75 Å². The first-order valence-electron chi connectivity index (χ1n) is 10.5. The number of aliphatic carboxylic acids is 1. The fourth-order valence-electron chi connectivity index (χ4n) is 2.90. The van der Waals surface area contributed by atoms with Crippen LogP contribution in [0.15, 0.2) is 24.3 Å². The molecule has 0 aliphatic rings. The number of rotatable bonds is 15. The van der Waals surface area contributed by atoms with E-state index in [1.807, 2.05) is 0 Å². The molecule has 1 aromatic carbocycles. The van der Waals surface area contributed by atoms with Gasteiger partial charge in [0.1, 0.15) is 23.9 Å². The normalized spacial score (nSPS) is 14.1. The van der Waals surface area contributed by atoms with E-state index in [-0.39, 0.29) is 18.6 Å². The summed E-state index contributed by atoms with van der Waals surface area (Å²) >= 11 is 1.40. The Labute approximate surface area is 206 Å². The van der Waals surface area contributed by atoms with Crippen molar-refractivity contribution in [1.82, 2.24) is 16.0 Å². The van der Waals surface area contributed by atoms with Crippen molar-refractivity contribution in [2.45, 2.75) is 43.4 Å². The van der Waals surface area contributed by atoms with Crippen molar-refractivity contribution in [2.75, 3.05) is 18.6 Å². The van der Waals surface area contributed by atoms with Crippen LogP contribution in [-0.2, 0) is 30.4 Å². The lowest BCUT2D eigenvalue weighted by Gasteiger charge is -2.25. The number of aromatic hydroxyl groups is 1. The van der Waals surface area contributed by atoms with Crippen LogP contribution in [-0.4, -0.2) is 87.7 Å². The number of carbonyl (C=O) groups excluding carboxylic acids is 4. The van der Waals surface area contributed by atoms with Crippen molar-refractivity contribution >= 4 is 41.4 Å². The Hall–Kier alpha value is -3.36. The lowest BCUT2D eigenvalue weighted by atomic mass is 10.0. The molecular formula is C21H31N5O8S. The highest BCUT2D eigenvalue weighted by atomic mass is 32.2. The first-order chi connectivity index (χ1) is 16.5. The number of phenolic OH excluding ortho intramolecular Hbond substituents is 1. The third-order valence-electron chi connectivity index (χ3n) is 4.81. The SMILES string of the molecule is CSCCC(NC(=O)C(N)CC(N)=O)C(=O)NC(Cc1ccc(O)cc1)C(=O)NC(CO)C(=O)O. The number of benzene rings is 1. The summed E-state index contributed by atoms with van der Waals surface area (Å²) in [6, 6.07) is 0.514. The van der Waals surface area contributed by atoms with Crippen LogP contribution in [0.5, 0.6) is 5.75 Å². The summed E-state index contributed by atoms with van der Waals surface area (Å²) in [5.74, 6) is -4.22. The molecule has 0 saturated heterocycles. The summed E-state index contributed by atoms with van der Waals surface area (Å²) in [4.78, 5) is 60.4. The number of aliphatic hydroxyl groups excluding tert-OH is 1. The van der Waals surface area contributed by atoms with Crippen LogP contribution in [0.4, 0.5) is 0 Å². The average Bonchev–Trinajstić information content (AvgIpc) is 2.79. The van der Waals surface area contributed by atoms with Crippen LogP contribution in [0.3, 0.4) is 0 Å². The molecule has 4 atom stereocenters. The number of thioether (sulfide) groups is 1. The molecule has 194 valence electrons. The highest BCUT2D eigenvalue weighted by molar-refractivity contribution is 7.98. The molecule has 0 saturated carbocycles. The molecule has 13 nitrogen and oxygen atoms in total.